The van der Waals surface area contributed by atoms with Gasteiger partial charge in [-0.1, -0.05) is 11.8 Å². The molecule has 2 aromatic rings. The van der Waals surface area contributed by atoms with Gasteiger partial charge in [-0.15, -0.1) is 0 Å². The summed E-state index contributed by atoms with van der Waals surface area (Å²) in [6.45, 7) is 2.07. The Labute approximate surface area is 122 Å². The fraction of sp³-hybridized carbons (Fsp3) is 0.118. The van der Waals surface area contributed by atoms with E-state index in [1.54, 1.807) is 43.3 Å². The molecule has 0 aromatic heterocycles. The molecule has 21 heavy (non-hydrogen) atoms. The van der Waals surface area contributed by atoms with Gasteiger partial charge in [0.1, 0.15) is 5.82 Å². The molecule has 0 fully saturated rings. The number of anilines is 1. The van der Waals surface area contributed by atoms with Crippen LogP contribution in [0.5, 0.6) is 0 Å². The van der Waals surface area contributed by atoms with Gasteiger partial charge in [0.05, 0.1) is 6.61 Å². The van der Waals surface area contributed by atoms with Crippen molar-refractivity contribution in [2.75, 3.05) is 11.9 Å². The number of nitrogens with one attached hydrogen (secondary N) is 1. The third-order valence-corrected chi connectivity index (χ3v) is 2.60. The second-order valence-electron chi connectivity index (χ2n) is 4.18. The van der Waals surface area contributed by atoms with Crippen LogP contribution in [0.25, 0.3) is 0 Å². The van der Waals surface area contributed by atoms with Crippen LogP contribution in [0.1, 0.15) is 18.1 Å². The number of carbonyl (C=O) groups is 1. The van der Waals surface area contributed by atoms with Gasteiger partial charge in [-0.2, -0.15) is 0 Å². The van der Waals surface area contributed by atoms with Gasteiger partial charge in [0.2, 0.25) is 0 Å². The zero-order valence-corrected chi connectivity index (χ0v) is 11.5. The van der Waals surface area contributed by atoms with E-state index in [1.165, 1.54) is 12.1 Å². The number of carbonyl (C=O) groups excluding carboxylic acids is 1. The fourth-order valence-corrected chi connectivity index (χ4v) is 1.60. The molecule has 0 heterocycles. The fourth-order valence-electron chi connectivity index (χ4n) is 1.60. The number of benzene rings is 2. The van der Waals surface area contributed by atoms with Crippen molar-refractivity contribution in [2.45, 2.75) is 6.92 Å². The maximum absolute atomic E-state index is 12.8. The minimum atomic E-state index is -0.484. The van der Waals surface area contributed by atoms with E-state index in [0.29, 0.717) is 12.3 Å². The summed E-state index contributed by atoms with van der Waals surface area (Å²) < 4.78 is 17.5. The highest BCUT2D eigenvalue weighted by atomic mass is 19.1. The number of hydrogen-bond donors (Lipinski definition) is 1. The molecule has 4 heteroatoms. The van der Waals surface area contributed by atoms with Crippen molar-refractivity contribution >= 4 is 11.8 Å². The van der Waals surface area contributed by atoms with Gasteiger partial charge in [0, 0.05) is 16.8 Å². The summed E-state index contributed by atoms with van der Waals surface area (Å²) in [5.41, 5.74) is 2.18. The van der Waals surface area contributed by atoms with Crippen LogP contribution >= 0.6 is 0 Å². The molecule has 0 unspecified atom stereocenters. The van der Waals surface area contributed by atoms with Crippen molar-refractivity contribution in [3.05, 3.63) is 65.5 Å². The number of rotatable bonds is 2. The van der Waals surface area contributed by atoms with Crippen molar-refractivity contribution < 1.29 is 13.9 Å². The Bertz CT molecular complexity index is 667. The van der Waals surface area contributed by atoms with Crippen molar-refractivity contribution in [1.29, 1.82) is 0 Å². The quantitative estimate of drug-likeness (QED) is 0.851. The third kappa shape index (κ3) is 4.66. The SMILES string of the molecule is CCOC(=O)Nc1ccc(C#Cc2ccc(F)cc2)cc1. The summed E-state index contributed by atoms with van der Waals surface area (Å²) in [4.78, 5) is 11.2. The molecule has 3 nitrogen and oxygen atoms in total. The number of halogens is 1. The number of hydrogen-bond acceptors (Lipinski definition) is 2. The molecule has 0 aliphatic heterocycles. The Morgan fingerprint density at radius 1 is 1.05 bits per heavy atom. The van der Waals surface area contributed by atoms with Crippen LogP contribution in [0.4, 0.5) is 14.9 Å². The Morgan fingerprint density at radius 3 is 2.10 bits per heavy atom. The molecule has 0 radical (unpaired) electrons. The van der Waals surface area contributed by atoms with Gasteiger partial charge in [-0.25, -0.2) is 9.18 Å². The second kappa shape index (κ2) is 7.11. The van der Waals surface area contributed by atoms with Gasteiger partial charge in [-0.05, 0) is 55.5 Å². The zero-order valence-electron chi connectivity index (χ0n) is 11.5. The molecule has 2 aromatic carbocycles. The standard InChI is InChI=1S/C17H14FNO2/c1-2-21-17(20)19-16-11-7-14(8-12-16)4-3-13-5-9-15(18)10-6-13/h5-12H,2H2,1H3,(H,19,20). The van der Waals surface area contributed by atoms with E-state index in [4.69, 9.17) is 4.74 Å². The lowest BCUT2D eigenvalue weighted by molar-refractivity contribution is 0.168. The first kappa shape index (κ1) is 14.6. The summed E-state index contributed by atoms with van der Waals surface area (Å²) in [6.07, 6.45) is -0.484. The molecule has 2 rings (SSSR count). The first-order valence-electron chi connectivity index (χ1n) is 6.49. The minimum absolute atomic E-state index is 0.282. The zero-order chi connectivity index (χ0) is 15.1. The molecule has 0 spiro atoms. The molecule has 0 saturated carbocycles. The van der Waals surface area contributed by atoms with E-state index in [1.807, 2.05) is 0 Å². The maximum atomic E-state index is 12.8. The lowest BCUT2D eigenvalue weighted by atomic mass is 10.1. The van der Waals surface area contributed by atoms with E-state index < -0.39 is 6.09 Å². The third-order valence-electron chi connectivity index (χ3n) is 2.60. The Hall–Kier alpha value is -2.80. The van der Waals surface area contributed by atoms with Crippen LogP contribution < -0.4 is 5.32 Å². The molecule has 0 saturated heterocycles. The van der Waals surface area contributed by atoms with E-state index in [-0.39, 0.29) is 5.82 Å². The predicted molar refractivity (Wildman–Crippen MR) is 79.5 cm³/mol. The number of amides is 1. The Balaban J connectivity index is 2.03. The highest BCUT2D eigenvalue weighted by Crippen LogP contribution is 2.09. The minimum Gasteiger partial charge on any atom is -0.450 e. The summed E-state index contributed by atoms with van der Waals surface area (Å²) >= 11 is 0. The van der Waals surface area contributed by atoms with Gasteiger partial charge in [-0.3, -0.25) is 5.32 Å². The largest absolute Gasteiger partial charge is 0.450 e. The Morgan fingerprint density at radius 2 is 1.57 bits per heavy atom. The van der Waals surface area contributed by atoms with Gasteiger partial charge in [0.25, 0.3) is 0 Å². The summed E-state index contributed by atoms with van der Waals surface area (Å²) in [5.74, 6) is 5.63. The Kier molecular flexibility index (Phi) is 4.94. The number of ether oxygens (including phenoxy) is 1. The topological polar surface area (TPSA) is 38.3 Å². The molecule has 0 atom stereocenters. The van der Waals surface area contributed by atoms with Gasteiger partial charge < -0.3 is 4.74 Å². The van der Waals surface area contributed by atoms with Gasteiger partial charge >= 0.3 is 6.09 Å². The second-order valence-corrected chi connectivity index (χ2v) is 4.18. The first-order valence-corrected chi connectivity index (χ1v) is 6.49. The average Bonchev–Trinajstić information content (AvgIpc) is 2.48. The van der Waals surface area contributed by atoms with Crippen LogP contribution in [-0.4, -0.2) is 12.7 Å². The lowest BCUT2D eigenvalue weighted by Gasteiger charge is -2.04. The molecule has 0 aliphatic rings. The monoisotopic (exact) mass is 283 g/mol. The van der Waals surface area contributed by atoms with Crippen molar-refractivity contribution in [1.82, 2.24) is 0 Å². The molecule has 0 aliphatic carbocycles. The normalized spacial score (nSPS) is 9.43. The van der Waals surface area contributed by atoms with Crippen LogP contribution in [-0.2, 0) is 4.74 Å². The highest BCUT2D eigenvalue weighted by Gasteiger charge is 2.00. The van der Waals surface area contributed by atoms with Crippen LogP contribution in [0, 0.1) is 17.7 Å². The smallest absolute Gasteiger partial charge is 0.411 e. The summed E-state index contributed by atoms with van der Waals surface area (Å²) in [5, 5.41) is 2.60. The van der Waals surface area contributed by atoms with E-state index in [9.17, 15) is 9.18 Å². The molecule has 106 valence electrons. The first-order chi connectivity index (χ1) is 10.2. The van der Waals surface area contributed by atoms with Gasteiger partial charge in [0.15, 0.2) is 0 Å². The summed E-state index contributed by atoms with van der Waals surface area (Å²) in [7, 11) is 0. The van der Waals surface area contributed by atoms with Crippen molar-refractivity contribution in [2.24, 2.45) is 0 Å². The average molecular weight is 283 g/mol. The molecule has 1 N–H and O–H groups in total. The van der Waals surface area contributed by atoms with E-state index >= 15 is 0 Å². The van der Waals surface area contributed by atoms with E-state index in [2.05, 4.69) is 17.2 Å². The predicted octanol–water partition coefficient (Wildman–Crippen LogP) is 3.79. The van der Waals surface area contributed by atoms with Crippen LogP contribution in [0.15, 0.2) is 48.5 Å². The van der Waals surface area contributed by atoms with Crippen molar-refractivity contribution in [3.8, 4) is 11.8 Å². The molecule has 1 amide bonds. The van der Waals surface area contributed by atoms with Crippen molar-refractivity contribution in [3.63, 3.8) is 0 Å². The molecule has 0 bridgehead atoms. The molecular formula is C17H14FNO2. The summed E-state index contributed by atoms with van der Waals surface area (Å²) in [6, 6.07) is 13.1. The highest BCUT2D eigenvalue weighted by molar-refractivity contribution is 5.84. The van der Waals surface area contributed by atoms with Crippen LogP contribution in [0.3, 0.4) is 0 Å². The van der Waals surface area contributed by atoms with Crippen LogP contribution in [0.2, 0.25) is 0 Å². The molecular weight excluding hydrogens is 269 g/mol. The maximum Gasteiger partial charge on any atom is 0.411 e. The lowest BCUT2D eigenvalue weighted by Crippen LogP contribution is -2.13. The van der Waals surface area contributed by atoms with E-state index in [0.717, 1.165) is 11.1 Å².